The molecular formula is C30H32N2O6. The molecule has 198 valence electrons. The van der Waals surface area contributed by atoms with E-state index in [2.05, 4.69) is 11.1 Å². The highest BCUT2D eigenvalue weighted by Gasteiger charge is 2.22. The maximum atomic E-state index is 13.8. The lowest BCUT2D eigenvalue weighted by Gasteiger charge is -2.24. The second-order valence-corrected chi connectivity index (χ2v) is 8.99. The lowest BCUT2D eigenvalue weighted by atomic mass is 10.1. The Labute approximate surface area is 221 Å². The summed E-state index contributed by atoms with van der Waals surface area (Å²) in [4.78, 5) is 29.9. The number of aromatic nitrogens is 1. The maximum absolute atomic E-state index is 13.8. The summed E-state index contributed by atoms with van der Waals surface area (Å²) in [5.74, 6) is 0.192. The number of nitrogens with one attached hydrogen (secondary N) is 1. The summed E-state index contributed by atoms with van der Waals surface area (Å²) in [5, 5.41) is 10.2. The van der Waals surface area contributed by atoms with Gasteiger partial charge in [0.15, 0.2) is 11.5 Å². The highest BCUT2D eigenvalue weighted by molar-refractivity contribution is 5.95. The number of amides is 1. The van der Waals surface area contributed by atoms with Gasteiger partial charge in [0, 0.05) is 35.8 Å². The molecule has 0 bridgehead atoms. The monoisotopic (exact) mass is 516 g/mol. The molecule has 1 amide bonds. The maximum Gasteiger partial charge on any atom is 0.307 e. The molecule has 0 saturated carbocycles. The molecule has 0 saturated heterocycles. The number of nitrogens with zero attached hydrogens (tertiary/aromatic N) is 1. The lowest BCUT2D eigenvalue weighted by Crippen LogP contribution is -2.32. The number of hydrogen-bond acceptors (Lipinski definition) is 5. The number of hydrogen-bond donors (Lipinski definition) is 2. The Balaban J connectivity index is 1.58. The van der Waals surface area contributed by atoms with E-state index in [-0.39, 0.29) is 12.3 Å². The first-order valence-corrected chi connectivity index (χ1v) is 12.4. The lowest BCUT2D eigenvalue weighted by molar-refractivity contribution is -0.136. The predicted octanol–water partition coefficient (Wildman–Crippen LogP) is 5.10. The molecule has 1 aromatic heterocycles. The van der Waals surface area contributed by atoms with Crippen molar-refractivity contribution in [2.45, 2.75) is 25.8 Å². The van der Waals surface area contributed by atoms with Crippen LogP contribution in [0.3, 0.4) is 0 Å². The third-order valence-corrected chi connectivity index (χ3v) is 6.50. The van der Waals surface area contributed by atoms with Gasteiger partial charge in [0.1, 0.15) is 0 Å². The van der Waals surface area contributed by atoms with Gasteiger partial charge in [-0.25, -0.2) is 0 Å². The molecule has 3 aromatic carbocycles. The van der Waals surface area contributed by atoms with Crippen LogP contribution in [0.2, 0.25) is 0 Å². The van der Waals surface area contributed by atoms with Crippen LogP contribution in [0, 0.1) is 0 Å². The first kappa shape index (κ1) is 26.6. The van der Waals surface area contributed by atoms with Crippen LogP contribution in [0.5, 0.6) is 17.2 Å². The summed E-state index contributed by atoms with van der Waals surface area (Å²) < 4.78 is 16.3. The topological polar surface area (TPSA) is 101 Å². The molecule has 4 rings (SSSR count). The number of rotatable bonds is 12. The molecule has 0 radical (unpaired) electrons. The number of aromatic amines is 1. The number of aryl methyl sites for hydroxylation is 1. The standard InChI is InChI=1S/C30H32N2O6/c1-36-26-16-23(17-27(37-2)29(26)38-3)30(35)32(19-21-12-10-20(11-13-21)15-28(33)34)14-6-7-22-18-31-25-9-5-4-8-24(22)25/h4-5,8-13,16-18,31H,6-7,14-15,19H2,1-3H3,(H,33,34). The number of ether oxygens (including phenoxy) is 3. The minimum Gasteiger partial charge on any atom is -0.493 e. The van der Waals surface area contributed by atoms with E-state index in [0.29, 0.717) is 41.5 Å². The van der Waals surface area contributed by atoms with E-state index < -0.39 is 5.97 Å². The molecule has 0 aliphatic carbocycles. The van der Waals surface area contributed by atoms with Crippen molar-refractivity contribution in [1.82, 2.24) is 9.88 Å². The fourth-order valence-electron chi connectivity index (χ4n) is 4.60. The molecule has 8 heteroatoms. The Hall–Kier alpha value is -4.46. The van der Waals surface area contributed by atoms with Gasteiger partial charge in [0.05, 0.1) is 27.8 Å². The highest BCUT2D eigenvalue weighted by atomic mass is 16.5. The Morgan fingerprint density at radius 2 is 1.55 bits per heavy atom. The summed E-state index contributed by atoms with van der Waals surface area (Å²) in [6.45, 7) is 0.891. The van der Waals surface area contributed by atoms with Gasteiger partial charge in [-0.05, 0) is 47.7 Å². The first-order valence-electron chi connectivity index (χ1n) is 12.4. The number of carbonyl (C=O) groups excluding carboxylic acids is 1. The molecule has 1 heterocycles. The van der Waals surface area contributed by atoms with E-state index in [1.165, 1.54) is 32.3 Å². The summed E-state index contributed by atoms with van der Waals surface area (Å²) in [5.41, 5.74) is 4.34. The molecule has 0 atom stereocenters. The zero-order valence-corrected chi connectivity index (χ0v) is 21.8. The largest absolute Gasteiger partial charge is 0.493 e. The zero-order valence-electron chi connectivity index (χ0n) is 21.8. The van der Waals surface area contributed by atoms with E-state index in [1.54, 1.807) is 29.2 Å². The van der Waals surface area contributed by atoms with E-state index in [4.69, 9.17) is 19.3 Å². The Morgan fingerprint density at radius 3 is 2.18 bits per heavy atom. The summed E-state index contributed by atoms with van der Waals surface area (Å²) >= 11 is 0. The zero-order chi connectivity index (χ0) is 27.1. The molecule has 0 fully saturated rings. The van der Waals surface area contributed by atoms with Crippen molar-refractivity contribution in [3.63, 3.8) is 0 Å². The predicted molar refractivity (Wildman–Crippen MR) is 145 cm³/mol. The van der Waals surface area contributed by atoms with Crippen LogP contribution in [-0.2, 0) is 24.2 Å². The van der Waals surface area contributed by atoms with Gasteiger partial charge in [0.25, 0.3) is 5.91 Å². The number of carbonyl (C=O) groups is 2. The third kappa shape index (κ3) is 6.08. The van der Waals surface area contributed by atoms with Gasteiger partial charge in [-0.15, -0.1) is 0 Å². The fourth-order valence-corrected chi connectivity index (χ4v) is 4.60. The molecular weight excluding hydrogens is 484 g/mol. The molecule has 2 N–H and O–H groups in total. The van der Waals surface area contributed by atoms with Gasteiger partial charge in [-0.1, -0.05) is 42.5 Å². The highest BCUT2D eigenvalue weighted by Crippen LogP contribution is 2.38. The Kier molecular flexibility index (Phi) is 8.53. The number of aliphatic carboxylic acids is 1. The van der Waals surface area contributed by atoms with E-state index in [0.717, 1.165) is 23.9 Å². The molecule has 0 aliphatic heterocycles. The molecule has 38 heavy (non-hydrogen) atoms. The number of methoxy groups -OCH3 is 3. The number of benzene rings is 3. The van der Waals surface area contributed by atoms with Crippen molar-refractivity contribution in [2.24, 2.45) is 0 Å². The van der Waals surface area contributed by atoms with Gasteiger partial charge in [-0.2, -0.15) is 0 Å². The minimum atomic E-state index is -0.880. The quantitative estimate of drug-likeness (QED) is 0.272. The van der Waals surface area contributed by atoms with Gasteiger partial charge < -0.3 is 29.2 Å². The van der Waals surface area contributed by atoms with Gasteiger partial charge in [0.2, 0.25) is 5.75 Å². The number of H-pyrrole nitrogens is 1. The second kappa shape index (κ2) is 12.2. The minimum absolute atomic E-state index is 0.0427. The van der Waals surface area contributed by atoms with E-state index in [9.17, 15) is 9.59 Å². The summed E-state index contributed by atoms with van der Waals surface area (Å²) in [6.07, 6.45) is 3.55. The third-order valence-electron chi connectivity index (χ3n) is 6.50. The Morgan fingerprint density at radius 1 is 0.895 bits per heavy atom. The Bertz CT molecular complexity index is 1390. The van der Waals surface area contributed by atoms with Crippen molar-refractivity contribution < 1.29 is 28.9 Å². The number of carboxylic acid groups (broad SMARTS) is 1. The molecule has 4 aromatic rings. The number of para-hydroxylation sites is 1. The van der Waals surface area contributed by atoms with Gasteiger partial charge >= 0.3 is 5.97 Å². The van der Waals surface area contributed by atoms with Crippen molar-refractivity contribution in [3.8, 4) is 17.2 Å². The van der Waals surface area contributed by atoms with Crippen LogP contribution in [0.15, 0.2) is 66.9 Å². The molecule has 0 unspecified atom stereocenters. The van der Waals surface area contributed by atoms with Crippen molar-refractivity contribution >= 4 is 22.8 Å². The van der Waals surface area contributed by atoms with Crippen molar-refractivity contribution in [3.05, 3.63) is 89.1 Å². The molecule has 0 aliphatic rings. The van der Waals surface area contributed by atoms with Crippen molar-refractivity contribution in [1.29, 1.82) is 0 Å². The van der Waals surface area contributed by atoms with Crippen LogP contribution in [0.25, 0.3) is 10.9 Å². The van der Waals surface area contributed by atoms with E-state index in [1.807, 2.05) is 36.5 Å². The smallest absolute Gasteiger partial charge is 0.307 e. The van der Waals surface area contributed by atoms with E-state index >= 15 is 0 Å². The van der Waals surface area contributed by atoms with Crippen LogP contribution in [0.1, 0.15) is 33.5 Å². The average molecular weight is 517 g/mol. The SMILES string of the molecule is COc1cc(C(=O)N(CCCc2c[nH]c3ccccc23)Cc2ccc(CC(=O)O)cc2)cc(OC)c1OC. The van der Waals surface area contributed by atoms with Gasteiger partial charge in [-0.3, -0.25) is 9.59 Å². The number of fused-ring (bicyclic) bond motifs is 1. The normalized spacial score (nSPS) is 10.8. The fraction of sp³-hybridized carbons (Fsp3) is 0.267. The van der Waals surface area contributed by atoms with Crippen molar-refractivity contribution in [2.75, 3.05) is 27.9 Å². The average Bonchev–Trinajstić information content (AvgIpc) is 3.35. The van der Waals surface area contributed by atoms with Crippen LogP contribution in [-0.4, -0.2) is 54.7 Å². The summed E-state index contributed by atoms with van der Waals surface area (Å²) in [6, 6.07) is 18.8. The molecule has 0 spiro atoms. The van der Waals surface area contributed by atoms with Crippen LogP contribution < -0.4 is 14.2 Å². The first-order chi connectivity index (χ1) is 18.4. The molecule has 8 nitrogen and oxygen atoms in total. The van der Waals surface area contributed by atoms with Crippen LogP contribution in [0.4, 0.5) is 0 Å². The van der Waals surface area contributed by atoms with Crippen LogP contribution >= 0.6 is 0 Å². The summed E-state index contributed by atoms with van der Waals surface area (Å²) in [7, 11) is 4.55. The number of carboxylic acids is 1. The second-order valence-electron chi connectivity index (χ2n) is 8.99.